The van der Waals surface area contributed by atoms with Gasteiger partial charge in [-0.25, -0.2) is 0 Å². The zero-order valence-electron chi connectivity index (χ0n) is 14.8. The fraction of sp³-hybridized carbons (Fsp3) is 0.273. The number of benzene rings is 2. The summed E-state index contributed by atoms with van der Waals surface area (Å²) < 4.78 is 17.6. The van der Waals surface area contributed by atoms with E-state index in [1.807, 2.05) is 64.1 Å². The van der Waals surface area contributed by atoms with Crippen LogP contribution in [0.15, 0.2) is 40.8 Å². The number of terminal acetylenes is 2. The lowest BCUT2D eigenvalue weighted by atomic mass is 10.1. The van der Waals surface area contributed by atoms with Gasteiger partial charge < -0.3 is 13.9 Å². The van der Waals surface area contributed by atoms with Gasteiger partial charge in [0.05, 0.1) is 0 Å². The number of fused-ring (bicyclic) bond motifs is 3. The van der Waals surface area contributed by atoms with E-state index in [9.17, 15) is 0 Å². The Morgan fingerprint density at radius 1 is 0.760 bits per heavy atom. The average Bonchev–Trinajstić information content (AvgIpc) is 2.91. The molecule has 3 heteroatoms. The first-order chi connectivity index (χ1) is 11.7. The highest BCUT2D eigenvalue weighted by Crippen LogP contribution is 2.34. The van der Waals surface area contributed by atoms with Crippen LogP contribution in [0.5, 0.6) is 11.5 Å². The Kier molecular flexibility index (Phi) is 3.90. The normalized spacial score (nSPS) is 11.9. The Bertz CT molecular complexity index is 1020. The lowest BCUT2D eigenvalue weighted by Gasteiger charge is -2.20. The van der Waals surface area contributed by atoms with E-state index in [1.165, 1.54) is 0 Å². The molecule has 1 aromatic heterocycles. The second kappa shape index (κ2) is 5.80. The maximum atomic E-state index is 5.93. The maximum Gasteiger partial charge on any atom is 0.163 e. The minimum absolute atomic E-state index is 0.666. The third kappa shape index (κ3) is 3.42. The smallest absolute Gasteiger partial charge is 0.163 e. The molecule has 0 saturated heterocycles. The second-order valence-corrected chi connectivity index (χ2v) is 6.93. The summed E-state index contributed by atoms with van der Waals surface area (Å²) in [4.78, 5) is 0. The van der Waals surface area contributed by atoms with Gasteiger partial charge in [-0.15, -0.1) is 12.8 Å². The van der Waals surface area contributed by atoms with E-state index in [-0.39, 0.29) is 0 Å². The highest BCUT2D eigenvalue weighted by molar-refractivity contribution is 6.05. The Morgan fingerprint density at radius 2 is 1.32 bits per heavy atom. The van der Waals surface area contributed by atoms with Crippen LogP contribution >= 0.6 is 0 Å². The first-order valence-corrected chi connectivity index (χ1v) is 8.03. The molecule has 0 N–H and O–H groups in total. The van der Waals surface area contributed by atoms with E-state index in [2.05, 4.69) is 11.8 Å². The molecule has 25 heavy (non-hydrogen) atoms. The van der Waals surface area contributed by atoms with Crippen LogP contribution in [0.3, 0.4) is 0 Å². The van der Waals surface area contributed by atoms with E-state index in [0.717, 1.165) is 21.9 Å². The van der Waals surface area contributed by atoms with Crippen LogP contribution in [0.1, 0.15) is 27.7 Å². The molecule has 0 bridgehead atoms. The van der Waals surface area contributed by atoms with Gasteiger partial charge in [0.2, 0.25) is 0 Å². The van der Waals surface area contributed by atoms with E-state index in [0.29, 0.717) is 11.5 Å². The first-order valence-electron chi connectivity index (χ1n) is 8.03. The molecule has 0 aliphatic carbocycles. The van der Waals surface area contributed by atoms with Crippen molar-refractivity contribution in [3.63, 3.8) is 0 Å². The number of hydrogen-bond acceptors (Lipinski definition) is 3. The molecule has 0 spiro atoms. The van der Waals surface area contributed by atoms with E-state index in [4.69, 9.17) is 26.7 Å². The summed E-state index contributed by atoms with van der Waals surface area (Å²) in [6.45, 7) is 7.38. The zero-order chi connectivity index (χ0) is 18.2. The molecule has 0 atom stereocenters. The van der Waals surface area contributed by atoms with Gasteiger partial charge in [-0.05, 0) is 58.0 Å². The summed E-state index contributed by atoms with van der Waals surface area (Å²) in [6.07, 6.45) is 11.0. The van der Waals surface area contributed by atoms with Gasteiger partial charge in [0.1, 0.15) is 22.7 Å². The summed E-state index contributed by atoms with van der Waals surface area (Å²) in [5.41, 5.74) is 0.152. The van der Waals surface area contributed by atoms with Crippen LogP contribution in [0.4, 0.5) is 0 Å². The van der Waals surface area contributed by atoms with Crippen molar-refractivity contribution in [1.82, 2.24) is 0 Å². The number of hydrogen-bond donors (Lipinski definition) is 0. The number of rotatable bonds is 4. The van der Waals surface area contributed by atoms with Crippen molar-refractivity contribution in [3.8, 4) is 36.2 Å². The number of furan rings is 1. The van der Waals surface area contributed by atoms with Crippen LogP contribution in [0, 0.1) is 24.7 Å². The fourth-order valence-electron chi connectivity index (χ4n) is 2.51. The molecular weight excluding hydrogens is 312 g/mol. The highest BCUT2D eigenvalue weighted by atomic mass is 16.5. The monoisotopic (exact) mass is 332 g/mol. The van der Waals surface area contributed by atoms with Crippen molar-refractivity contribution in [2.24, 2.45) is 0 Å². The van der Waals surface area contributed by atoms with Gasteiger partial charge in [-0.2, -0.15) is 0 Å². The quantitative estimate of drug-likeness (QED) is 0.618. The molecule has 0 saturated carbocycles. The highest BCUT2D eigenvalue weighted by Gasteiger charge is 2.18. The lowest BCUT2D eigenvalue weighted by molar-refractivity contribution is 0.172. The molecule has 0 fully saturated rings. The van der Waals surface area contributed by atoms with Gasteiger partial charge in [0.25, 0.3) is 0 Å². The van der Waals surface area contributed by atoms with Gasteiger partial charge in [-0.3, -0.25) is 0 Å². The summed E-state index contributed by atoms with van der Waals surface area (Å²) >= 11 is 0. The Hall–Kier alpha value is -3.04. The molecule has 0 radical (unpaired) electrons. The van der Waals surface area contributed by atoms with E-state index in [1.54, 1.807) is 0 Å². The van der Waals surface area contributed by atoms with E-state index >= 15 is 0 Å². The minimum atomic E-state index is -0.679. The largest absolute Gasteiger partial charge is 0.475 e. The molecule has 0 aliphatic rings. The van der Waals surface area contributed by atoms with Crippen LogP contribution in [-0.2, 0) is 0 Å². The number of ether oxygens (including phenoxy) is 2. The summed E-state index contributed by atoms with van der Waals surface area (Å²) in [7, 11) is 0. The maximum absolute atomic E-state index is 5.93. The standard InChI is InChI=1S/C22H20O3/c1-7-21(3,4)24-15-10-12-19-18(13-15)17-11-9-16(14-20(17)23-19)25-22(5,6)8-2/h1-2,9-14H,3-6H3. The van der Waals surface area contributed by atoms with Gasteiger partial charge in [0, 0.05) is 16.8 Å². The molecule has 3 rings (SSSR count). The van der Waals surface area contributed by atoms with Crippen molar-refractivity contribution < 1.29 is 13.9 Å². The zero-order valence-corrected chi connectivity index (χ0v) is 14.8. The third-order valence-electron chi connectivity index (χ3n) is 3.86. The third-order valence-corrected chi connectivity index (χ3v) is 3.86. The Balaban J connectivity index is 2.03. The Labute approximate surface area is 147 Å². The Morgan fingerprint density at radius 3 is 1.92 bits per heavy atom. The predicted octanol–water partition coefficient (Wildman–Crippen LogP) is 5.17. The summed E-state index contributed by atoms with van der Waals surface area (Å²) in [5.74, 6) is 6.61. The SMILES string of the molecule is C#CC(C)(C)Oc1ccc2c(c1)oc1ccc(OC(C)(C)C#C)cc12. The van der Waals surface area contributed by atoms with Crippen LogP contribution in [0.25, 0.3) is 21.9 Å². The van der Waals surface area contributed by atoms with Crippen molar-refractivity contribution in [2.75, 3.05) is 0 Å². The molecule has 3 aromatic rings. The fourth-order valence-corrected chi connectivity index (χ4v) is 2.51. The molecule has 2 aromatic carbocycles. The van der Waals surface area contributed by atoms with Gasteiger partial charge >= 0.3 is 0 Å². The van der Waals surface area contributed by atoms with Crippen LogP contribution < -0.4 is 9.47 Å². The van der Waals surface area contributed by atoms with Gasteiger partial charge in [0.15, 0.2) is 11.2 Å². The van der Waals surface area contributed by atoms with Gasteiger partial charge in [-0.1, -0.05) is 11.8 Å². The minimum Gasteiger partial charge on any atom is -0.475 e. The van der Waals surface area contributed by atoms with Crippen molar-refractivity contribution in [3.05, 3.63) is 36.4 Å². The second-order valence-electron chi connectivity index (χ2n) is 6.93. The summed E-state index contributed by atoms with van der Waals surface area (Å²) in [6, 6.07) is 11.4. The molecule has 0 aliphatic heterocycles. The molecule has 0 unspecified atom stereocenters. The summed E-state index contributed by atoms with van der Waals surface area (Å²) in [5, 5.41) is 1.94. The molecule has 126 valence electrons. The van der Waals surface area contributed by atoms with Crippen molar-refractivity contribution in [1.29, 1.82) is 0 Å². The molecule has 1 heterocycles. The van der Waals surface area contributed by atoms with Crippen molar-refractivity contribution in [2.45, 2.75) is 38.9 Å². The molecule has 3 nitrogen and oxygen atoms in total. The average molecular weight is 332 g/mol. The lowest BCUT2D eigenvalue weighted by Crippen LogP contribution is -2.25. The predicted molar refractivity (Wildman–Crippen MR) is 101 cm³/mol. The topological polar surface area (TPSA) is 31.6 Å². The van der Waals surface area contributed by atoms with Crippen molar-refractivity contribution >= 4 is 21.9 Å². The van der Waals surface area contributed by atoms with Crippen LogP contribution in [0.2, 0.25) is 0 Å². The van der Waals surface area contributed by atoms with E-state index < -0.39 is 11.2 Å². The molecular formula is C22H20O3. The molecule has 0 amide bonds. The van der Waals surface area contributed by atoms with Crippen LogP contribution in [-0.4, -0.2) is 11.2 Å². The first kappa shape index (κ1) is 16.8.